The summed E-state index contributed by atoms with van der Waals surface area (Å²) in [5.74, 6) is -0.855. The van der Waals surface area contributed by atoms with Gasteiger partial charge in [0, 0.05) is 18.4 Å². The van der Waals surface area contributed by atoms with Crippen molar-refractivity contribution in [3.8, 4) is 0 Å². The maximum Gasteiger partial charge on any atom is 0.328 e. The number of carboxylic acid groups (broad SMARTS) is 1. The van der Waals surface area contributed by atoms with Crippen molar-refractivity contribution in [2.45, 2.75) is 38.8 Å². The van der Waals surface area contributed by atoms with Crippen molar-refractivity contribution in [2.24, 2.45) is 5.41 Å². The average molecular weight is 234 g/mol. The zero-order valence-corrected chi connectivity index (χ0v) is 10.4. The van der Waals surface area contributed by atoms with E-state index in [2.05, 4.69) is 24.1 Å². The number of nitrogens with zero attached hydrogens (tertiary/aromatic N) is 1. The molecule has 1 aromatic rings. The minimum Gasteiger partial charge on any atom is -0.480 e. The average Bonchev–Trinajstić information content (AvgIpc) is 2.86. The fourth-order valence-electron chi connectivity index (χ4n) is 2.02. The zero-order chi connectivity index (χ0) is 12.7. The summed E-state index contributed by atoms with van der Waals surface area (Å²) < 4.78 is 0. The van der Waals surface area contributed by atoms with Crippen LogP contribution >= 0.6 is 0 Å². The van der Waals surface area contributed by atoms with Crippen LogP contribution in [0.2, 0.25) is 0 Å². The fourth-order valence-corrected chi connectivity index (χ4v) is 2.02. The number of carbonyl (C=O) groups is 1. The van der Waals surface area contributed by atoms with Gasteiger partial charge in [-0.05, 0) is 36.5 Å². The summed E-state index contributed by atoms with van der Waals surface area (Å²) >= 11 is 0. The highest BCUT2D eigenvalue weighted by Gasteiger charge is 2.50. The summed E-state index contributed by atoms with van der Waals surface area (Å²) in [4.78, 5) is 15.4. The topological polar surface area (TPSA) is 62.2 Å². The van der Waals surface area contributed by atoms with Crippen LogP contribution in [-0.4, -0.2) is 22.1 Å². The van der Waals surface area contributed by atoms with Gasteiger partial charge in [-0.25, -0.2) is 4.79 Å². The van der Waals surface area contributed by atoms with Crippen LogP contribution in [0.1, 0.15) is 32.8 Å². The molecule has 0 bridgehead atoms. The highest BCUT2D eigenvalue weighted by atomic mass is 16.4. The molecule has 0 aliphatic heterocycles. The SMILES string of the molecule is CC(NC1CC1(C)C)(C(=O)O)c1ccncc1. The quantitative estimate of drug-likeness (QED) is 0.833. The summed E-state index contributed by atoms with van der Waals surface area (Å²) in [5.41, 5.74) is -0.104. The van der Waals surface area contributed by atoms with E-state index in [9.17, 15) is 9.90 Å². The van der Waals surface area contributed by atoms with E-state index >= 15 is 0 Å². The fraction of sp³-hybridized carbons (Fsp3) is 0.538. The molecule has 0 aromatic carbocycles. The van der Waals surface area contributed by atoms with Crippen LogP contribution in [0, 0.1) is 5.41 Å². The van der Waals surface area contributed by atoms with Crippen LogP contribution in [0.4, 0.5) is 0 Å². The van der Waals surface area contributed by atoms with Crippen molar-refractivity contribution < 1.29 is 9.90 Å². The van der Waals surface area contributed by atoms with Gasteiger partial charge in [-0.15, -0.1) is 0 Å². The molecule has 1 aromatic heterocycles. The standard InChI is InChI=1S/C13H18N2O2/c1-12(2)8-10(12)15-13(3,11(16)17)9-4-6-14-7-5-9/h4-7,10,15H,8H2,1-3H3,(H,16,17). The Morgan fingerprint density at radius 3 is 2.47 bits per heavy atom. The minimum absolute atomic E-state index is 0.198. The van der Waals surface area contributed by atoms with E-state index in [0.717, 1.165) is 12.0 Å². The number of hydrogen-bond acceptors (Lipinski definition) is 3. The highest BCUT2D eigenvalue weighted by molar-refractivity contribution is 5.80. The normalized spacial score (nSPS) is 25.0. The minimum atomic E-state index is -1.04. The molecule has 1 saturated carbocycles. The summed E-state index contributed by atoms with van der Waals surface area (Å²) in [6, 6.07) is 3.75. The Labute approximate surface area is 101 Å². The van der Waals surface area contributed by atoms with Gasteiger partial charge in [0.05, 0.1) is 0 Å². The molecular weight excluding hydrogens is 216 g/mol. The van der Waals surface area contributed by atoms with Crippen LogP contribution in [0.15, 0.2) is 24.5 Å². The maximum absolute atomic E-state index is 11.5. The molecule has 0 saturated heterocycles. The van der Waals surface area contributed by atoms with E-state index in [1.54, 1.807) is 31.5 Å². The third kappa shape index (κ3) is 2.17. The summed E-state index contributed by atoms with van der Waals surface area (Å²) in [7, 11) is 0. The lowest BCUT2D eigenvalue weighted by Gasteiger charge is -2.27. The molecule has 1 aliphatic rings. The number of aromatic nitrogens is 1. The molecule has 1 aliphatic carbocycles. The second kappa shape index (κ2) is 3.81. The Kier molecular flexibility index (Phi) is 2.70. The van der Waals surface area contributed by atoms with Gasteiger partial charge in [0.15, 0.2) is 0 Å². The number of carboxylic acids is 1. The Morgan fingerprint density at radius 1 is 1.53 bits per heavy atom. The molecule has 4 nitrogen and oxygen atoms in total. The van der Waals surface area contributed by atoms with Gasteiger partial charge < -0.3 is 5.11 Å². The van der Waals surface area contributed by atoms with E-state index in [4.69, 9.17) is 0 Å². The predicted molar refractivity (Wildman–Crippen MR) is 64.5 cm³/mol. The number of pyridine rings is 1. The van der Waals surface area contributed by atoms with Crippen LogP contribution in [0.5, 0.6) is 0 Å². The van der Waals surface area contributed by atoms with E-state index < -0.39 is 11.5 Å². The van der Waals surface area contributed by atoms with Gasteiger partial charge in [-0.2, -0.15) is 0 Å². The molecule has 92 valence electrons. The number of hydrogen-bond donors (Lipinski definition) is 2. The largest absolute Gasteiger partial charge is 0.480 e. The smallest absolute Gasteiger partial charge is 0.328 e. The molecule has 4 heteroatoms. The maximum atomic E-state index is 11.5. The molecule has 1 fully saturated rings. The molecule has 2 N–H and O–H groups in total. The molecule has 2 rings (SSSR count). The number of nitrogens with one attached hydrogen (secondary N) is 1. The summed E-state index contributed by atoms with van der Waals surface area (Å²) in [6.45, 7) is 5.98. The van der Waals surface area contributed by atoms with Gasteiger partial charge in [-0.3, -0.25) is 10.3 Å². The molecule has 17 heavy (non-hydrogen) atoms. The van der Waals surface area contributed by atoms with Gasteiger partial charge in [0.2, 0.25) is 0 Å². The first kappa shape index (κ1) is 12.0. The first-order chi connectivity index (χ1) is 7.86. The van der Waals surface area contributed by atoms with Crippen LogP contribution in [0.25, 0.3) is 0 Å². The Morgan fingerprint density at radius 2 is 2.06 bits per heavy atom. The predicted octanol–water partition coefficient (Wildman–Crippen LogP) is 1.77. The van der Waals surface area contributed by atoms with Crippen molar-refractivity contribution in [2.75, 3.05) is 0 Å². The Hall–Kier alpha value is -1.42. The van der Waals surface area contributed by atoms with Gasteiger partial charge in [0.1, 0.15) is 5.54 Å². The van der Waals surface area contributed by atoms with Gasteiger partial charge in [0.25, 0.3) is 0 Å². The van der Waals surface area contributed by atoms with Crippen molar-refractivity contribution in [1.29, 1.82) is 0 Å². The number of aliphatic carboxylic acids is 1. The zero-order valence-electron chi connectivity index (χ0n) is 10.4. The van der Waals surface area contributed by atoms with Crippen molar-refractivity contribution in [3.63, 3.8) is 0 Å². The third-order valence-electron chi connectivity index (χ3n) is 3.66. The molecule has 2 unspecified atom stereocenters. The lowest BCUT2D eigenvalue weighted by Crippen LogP contribution is -2.48. The Bertz CT molecular complexity index is 430. The highest BCUT2D eigenvalue weighted by Crippen LogP contribution is 2.46. The summed E-state index contributed by atoms with van der Waals surface area (Å²) in [6.07, 6.45) is 4.26. The van der Waals surface area contributed by atoms with Crippen LogP contribution < -0.4 is 5.32 Å². The lowest BCUT2D eigenvalue weighted by atomic mass is 9.92. The second-order valence-electron chi connectivity index (χ2n) is 5.56. The molecule has 0 amide bonds. The molecule has 2 atom stereocenters. The molecule has 0 spiro atoms. The third-order valence-corrected chi connectivity index (χ3v) is 3.66. The van der Waals surface area contributed by atoms with Crippen molar-refractivity contribution >= 4 is 5.97 Å². The van der Waals surface area contributed by atoms with Crippen LogP contribution in [-0.2, 0) is 10.3 Å². The molecule has 1 heterocycles. The van der Waals surface area contributed by atoms with Crippen molar-refractivity contribution in [3.05, 3.63) is 30.1 Å². The first-order valence-electron chi connectivity index (χ1n) is 5.78. The number of rotatable bonds is 4. The Balaban J connectivity index is 2.25. The van der Waals surface area contributed by atoms with Gasteiger partial charge >= 0.3 is 5.97 Å². The molecule has 0 radical (unpaired) electrons. The second-order valence-corrected chi connectivity index (χ2v) is 5.56. The summed E-state index contributed by atoms with van der Waals surface area (Å²) in [5, 5.41) is 12.7. The van der Waals surface area contributed by atoms with Gasteiger partial charge in [-0.1, -0.05) is 13.8 Å². The van der Waals surface area contributed by atoms with Crippen LogP contribution in [0.3, 0.4) is 0 Å². The van der Waals surface area contributed by atoms with E-state index in [0.29, 0.717) is 0 Å². The lowest BCUT2D eigenvalue weighted by molar-refractivity contribution is -0.144. The first-order valence-corrected chi connectivity index (χ1v) is 5.78. The van der Waals surface area contributed by atoms with E-state index in [1.807, 2.05) is 0 Å². The van der Waals surface area contributed by atoms with E-state index in [1.165, 1.54) is 0 Å². The molecular formula is C13H18N2O2. The van der Waals surface area contributed by atoms with E-state index in [-0.39, 0.29) is 11.5 Å². The monoisotopic (exact) mass is 234 g/mol. The van der Waals surface area contributed by atoms with Crippen molar-refractivity contribution in [1.82, 2.24) is 10.3 Å².